The fraction of sp³-hybridized carbons (Fsp3) is 0.273. The van der Waals surface area contributed by atoms with Crippen molar-refractivity contribution >= 4 is 33.3 Å². The van der Waals surface area contributed by atoms with E-state index in [1.807, 2.05) is 0 Å². The molecule has 0 radical (unpaired) electrons. The van der Waals surface area contributed by atoms with Crippen LogP contribution in [0.25, 0.3) is 0 Å². The fourth-order valence-electron chi connectivity index (χ4n) is 1.77. The Kier molecular flexibility index (Phi) is 3.83. The molecule has 0 atom stereocenters. The molecule has 8 heteroatoms. The van der Waals surface area contributed by atoms with Crippen molar-refractivity contribution in [3.63, 3.8) is 0 Å². The molecule has 1 aromatic carbocycles. The lowest BCUT2D eigenvalue weighted by Gasteiger charge is -2.14. The zero-order valence-corrected chi connectivity index (χ0v) is 11.6. The summed E-state index contributed by atoms with van der Waals surface area (Å²) in [6, 6.07) is 6.26. The monoisotopic (exact) mass is 299 g/mol. The van der Waals surface area contributed by atoms with Crippen molar-refractivity contribution in [1.82, 2.24) is 10.2 Å². The largest absolute Gasteiger partial charge is 0.353 e. The maximum Gasteiger partial charge on any atom is 0.248 e. The maximum atomic E-state index is 11.5. The number of nitrogens with one attached hydrogen (secondary N) is 1. The molecule has 6 nitrogen and oxygen atoms in total. The van der Waals surface area contributed by atoms with Gasteiger partial charge in [-0.05, 0) is 36.3 Å². The Balaban J connectivity index is 2.01. The SMILES string of the molecule is NS(=O)(=O)c1ccc(CCN2C(=O)CNC2=S)cc1. The van der Waals surface area contributed by atoms with Crippen LogP contribution in [-0.4, -0.2) is 37.4 Å². The number of primary sulfonamides is 1. The molecule has 102 valence electrons. The number of carbonyl (C=O) groups excluding carboxylic acids is 1. The van der Waals surface area contributed by atoms with Gasteiger partial charge in [-0.2, -0.15) is 0 Å². The number of amides is 1. The lowest BCUT2D eigenvalue weighted by Crippen LogP contribution is -2.32. The summed E-state index contributed by atoms with van der Waals surface area (Å²) in [5.41, 5.74) is 0.912. The molecule has 1 fully saturated rings. The normalized spacial score (nSPS) is 15.7. The Morgan fingerprint density at radius 3 is 2.42 bits per heavy atom. The zero-order chi connectivity index (χ0) is 14.0. The Morgan fingerprint density at radius 1 is 1.32 bits per heavy atom. The molecule has 1 aliphatic heterocycles. The average molecular weight is 299 g/mol. The predicted molar refractivity (Wildman–Crippen MR) is 73.8 cm³/mol. The zero-order valence-electron chi connectivity index (χ0n) is 10.00. The van der Waals surface area contributed by atoms with Gasteiger partial charge in [-0.25, -0.2) is 13.6 Å². The molecule has 0 aliphatic carbocycles. The van der Waals surface area contributed by atoms with E-state index in [9.17, 15) is 13.2 Å². The summed E-state index contributed by atoms with van der Waals surface area (Å²) in [6.07, 6.45) is 0.596. The highest BCUT2D eigenvalue weighted by Crippen LogP contribution is 2.10. The van der Waals surface area contributed by atoms with Gasteiger partial charge >= 0.3 is 0 Å². The number of thiocarbonyl (C=S) groups is 1. The van der Waals surface area contributed by atoms with Gasteiger partial charge in [0, 0.05) is 6.54 Å². The van der Waals surface area contributed by atoms with E-state index in [1.54, 1.807) is 12.1 Å². The van der Waals surface area contributed by atoms with Crippen LogP contribution in [0.15, 0.2) is 29.2 Å². The quantitative estimate of drug-likeness (QED) is 0.738. The highest BCUT2D eigenvalue weighted by molar-refractivity contribution is 7.89. The van der Waals surface area contributed by atoms with E-state index in [2.05, 4.69) is 5.32 Å². The van der Waals surface area contributed by atoms with Gasteiger partial charge in [-0.1, -0.05) is 12.1 Å². The van der Waals surface area contributed by atoms with Crippen LogP contribution in [0.1, 0.15) is 5.56 Å². The van der Waals surface area contributed by atoms with Crippen molar-refractivity contribution in [3.05, 3.63) is 29.8 Å². The number of rotatable bonds is 4. The first kappa shape index (κ1) is 13.9. The van der Waals surface area contributed by atoms with Crippen LogP contribution in [-0.2, 0) is 21.2 Å². The Morgan fingerprint density at radius 2 is 1.95 bits per heavy atom. The molecular formula is C11H13N3O3S2. The first-order valence-corrected chi connectivity index (χ1v) is 7.53. The van der Waals surface area contributed by atoms with Gasteiger partial charge in [-0.3, -0.25) is 9.69 Å². The minimum Gasteiger partial charge on any atom is -0.353 e. The van der Waals surface area contributed by atoms with Crippen LogP contribution in [0.3, 0.4) is 0 Å². The predicted octanol–water partition coefficient (Wildman–Crippen LogP) is -0.407. The molecule has 0 unspecified atom stereocenters. The molecule has 1 aromatic rings. The number of sulfonamides is 1. The third-order valence-corrected chi connectivity index (χ3v) is 4.11. The topological polar surface area (TPSA) is 92.5 Å². The van der Waals surface area contributed by atoms with Crippen LogP contribution in [0.5, 0.6) is 0 Å². The summed E-state index contributed by atoms with van der Waals surface area (Å²) in [7, 11) is -3.66. The molecule has 0 bridgehead atoms. The molecule has 1 heterocycles. The lowest BCUT2D eigenvalue weighted by molar-refractivity contribution is -0.124. The lowest BCUT2D eigenvalue weighted by atomic mass is 10.1. The Hall–Kier alpha value is -1.51. The third kappa shape index (κ3) is 3.28. The number of carbonyl (C=O) groups is 1. The number of nitrogens with two attached hydrogens (primary N) is 1. The summed E-state index contributed by atoms with van der Waals surface area (Å²) in [5, 5.41) is 8.24. The Labute approximate surface area is 116 Å². The highest BCUT2D eigenvalue weighted by Gasteiger charge is 2.24. The smallest absolute Gasteiger partial charge is 0.248 e. The highest BCUT2D eigenvalue weighted by atomic mass is 32.2. The van der Waals surface area contributed by atoms with E-state index in [-0.39, 0.29) is 17.3 Å². The van der Waals surface area contributed by atoms with Gasteiger partial charge in [0.05, 0.1) is 11.4 Å². The van der Waals surface area contributed by atoms with E-state index in [0.717, 1.165) is 5.56 Å². The summed E-state index contributed by atoms with van der Waals surface area (Å²) in [4.78, 5) is 13.0. The van der Waals surface area contributed by atoms with Crippen LogP contribution in [0, 0.1) is 0 Å². The van der Waals surface area contributed by atoms with Gasteiger partial charge in [0.1, 0.15) is 0 Å². The van der Waals surface area contributed by atoms with Crippen molar-refractivity contribution in [2.75, 3.05) is 13.1 Å². The van der Waals surface area contributed by atoms with Crippen molar-refractivity contribution in [1.29, 1.82) is 0 Å². The molecule has 3 N–H and O–H groups in total. The van der Waals surface area contributed by atoms with Gasteiger partial charge in [0.15, 0.2) is 5.11 Å². The summed E-state index contributed by atoms with van der Waals surface area (Å²) >= 11 is 5.00. The first-order valence-electron chi connectivity index (χ1n) is 5.58. The second-order valence-corrected chi connectivity index (χ2v) is 6.09. The van der Waals surface area contributed by atoms with E-state index in [0.29, 0.717) is 18.1 Å². The molecule has 1 amide bonds. The maximum absolute atomic E-state index is 11.5. The summed E-state index contributed by atoms with van der Waals surface area (Å²) < 4.78 is 22.2. The van der Waals surface area contributed by atoms with E-state index in [1.165, 1.54) is 17.0 Å². The van der Waals surface area contributed by atoms with Crippen LogP contribution < -0.4 is 10.5 Å². The van der Waals surface area contributed by atoms with Crippen molar-refractivity contribution in [2.24, 2.45) is 5.14 Å². The number of benzene rings is 1. The minimum absolute atomic E-state index is 0.0499. The number of nitrogens with zero attached hydrogens (tertiary/aromatic N) is 1. The van der Waals surface area contributed by atoms with Gasteiger partial charge in [-0.15, -0.1) is 0 Å². The molecule has 1 aliphatic rings. The van der Waals surface area contributed by atoms with Crippen molar-refractivity contribution in [3.8, 4) is 0 Å². The van der Waals surface area contributed by atoms with E-state index in [4.69, 9.17) is 17.4 Å². The number of hydrogen-bond donors (Lipinski definition) is 2. The second-order valence-electron chi connectivity index (χ2n) is 4.14. The molecule has 2 rings (SSSR count). The van der Waals surface area contributed by atoms with Gasteiger partial charge in [0.2, 0.25) is 15.9 Å². The standard InChI is InChI=1S/C11H13N3O3S2/c12-19(16,17)9-3-1-8(2-4-9)5-6-14-10(15)7-13-11(14)18/h1-4H,5-7H2,(H,13,18)(H2,12,16,17). The van der Waals surface area contributed by atoms with Crippen molar-refractivity contribution in [2.45, 2.75) is 11.3 Å². The molecule has 1 saturated heterocycles. The summed E-state index contributed by atoms with van der Waals surface area (Å²) in [6.45, 7) is 0.711. The van der Waals surface area contributed by atoms with E-state index >= 15 is 0 Å². The van der Waals surface area contributed by atoms with Gasteiger partial charge < -0.3 is 5.32 Å². The van der Waals surface area contributed by atoms with Crippen LogP contribution in [0.4, 0.5) is 0 Å². The van der Waals surface area contributed by atoms with E-state index < -0.39 is 10.0 Å². The Bertz CT molecular complexity index is 595. The minimum atomic E-state index is -3.66. The van der Waals surface area contributed by atoms with Crippen LogP contribution >= 0.6 is 12.2 Å². The van der Waals surface area contributed by atoms with Crippen molar-refractivity contribution < 1.29 is 13.2 Å². The van der Waals surface area contributed by atoms with Crippen LogP contribution in [0.2, 0.25) is 0 Å². The first-order chi connectivity index (χ1) is 8.88. The average Bonchev–Trinajstić information content (AvgIpc) is 2.66. The molecular weight excluding hydrogens is 286 g/mol. The third-order valence-electron chi connectivity index (χ3n) is 2.81. The number of hydrogen-bond acceptors (Lipinski definition) is 4. The fourth-order valence-corrected chi connectivity index (χ4v) is 2.55. The molecule has 19 heavy (non-hydrogen) atoms. The summed E-state index contributed by atoms with van der Waals surface area (Å²) in [5.74, 6) is -0.0499. The van der Waals surface area contributed by atoms with Gasteiger partial charge in [0.25, 0.3) is 0 Å². The molecule has 0 saturated carbocycles. The molecule has 0 aromatic heterocycles. The second kappa shape index (κ2) is 5.24. The molecule has 0 spiro atoms.